The third-order valence-corrected chi connectivity index (χ3v) is 1.65. The molecule has 0 amide bonds. The monoisotopic (exact) mass is 158 g/mol. The van der Waals surface area contributed by atoms with Crippen molar-refractivity contribution in [3.63, 3.8) is 0 Å². The number of ketones is 1. The van der Waals surface area contributed by atoms with Gasteiger partial charge in [-0.1, -0.05) is 26.2 Å². The molecule has 0 aliphatic rings. The first kappa shape index (κ1) is 10.6. The molecule has 4 N–H and O–H groups in total. The van der Waals surface area contributed by atoms with Gasteiger partial charge in [0.2, 0.25) is 0 Å². The fraction of sp³-hybridized carbons (Fsp3) is 0.875. The van der Waals surface area contributed by atoms with Gasteiger partial charge in [0, 0.05) is 6.42 Å². The van der Waals surface area contributed by atoms with Gasteiger partial charge in [-0.05, 0) is 6.42 Å². The van der Waals surface area contributed by atoms with E-state index in [0.29, 0.717) is 6.42 Å². The van der Waals surface area contributed by atoms with Crippen LogP contribution in [0, 0.1) is 0 Å². The Morgan fingerprint density at radius 3 is 2.36 bits per heavy atom. The number of carbonyl (C=O) groups excluding carboxylic acids is 1. The Bertz CT molecular complexity index is 113. The predicted octanol–water partition coefficient (Wildman–Crippen LogP) is 0.769. The zero-order valence-corrected chi connectivity index (χ0v) is 7.18. The van der Waals surface area contributed by atoms with E-state index in [1.54, 1.807) is 0 Å². The molecule has 0 aromatic rings. The van der Waals surface area contributed by atoms with Crippen LogP contribution in [0.5, 0.6) is 0 Å². The SMILES string of the molecule is CCCCCCC(=O)C(N)N. The highest BCUT2D eigenvalue weighted by atomic mass is 16.1. The maximum absolute atomic E-state index is 10.9. The van der Waals surface area contributed by atoms with Crippen molar-refractivity contribution >= 4 is 5.78 Å². The number of hydrogen-bond acceptors (Lipinski definition) is 3. The van der Waals surface area contributed by atoms with Gasteiger partial charge in [-0.3, -0.25) is 4.79 Å². The van der Waals surface area contributed by atoms with Crippen molar-refractivity contribution in [1.29, 1.82) is 0 Å². The Balaban J connectivity index is 3.18. The number of Topliss-reactive ketones (excluding diaryl/α,β-unsaturated/α-hetero) is 1. The molecule has 0 saturated carbocycles. The maximum atomic E-state index is 10.9. The summed E-state index contributed by atoms with van der Waals surface area (Å²) in [6, 6.07) is 0. The third kappa shape index (κ3) is 6.01. The quantitative estimate of drug-likeness (QED) is 0.443. The van der Waals surface area contributed by atoms with Crippen molar-refractivity contribution in [3.05, 3.63) is 0 Å². The molecule has 0 aliphatic heterocycles. The van der Waals surface area contributed by atoms with Gasteiger partial charge >= 0.3 is 0 Å². The fourth-order valence-electron chi connectivity index (χ4n) is 0.893. The summed E-state index contributed by atoms with van der Waals surface area (Å²) in [5, 5.41) is 0. The highest BCUT2D eigenvalue weighted by molar-refractivity contribution is 5.82. The molecule has 0 spiro atoms. The van der Waals surface area contributed by atoms with E-state index < -0.39 is 6.17 Å². The molecule has 0 aliphatic carbocycles. The molecule has 66 valence electrons. The molecule has 0 atom stereocenters. The van der Waals surface area contributed by atoms with E-state index in [-0.39, 0.29) is 5.78 Å². The van der Waals surface area contributed by atoms with Crippen LogP contribution in [0.15, 0.2) is 0 Å². The first-order chi connectivity index (χ1) is 5.18. The summed E-state index contributed by atoms with van der Waals surface area (Å²) in [6.45, 7) is 2.14. The van der Waals surface area contributed by atoms with Crippen LogP contribution in [0.1, 0.15) is 39.0 Å². The zero-order chi connectivity index (χ0) is 8.69. The Morgan fingerprint density at radius 1 is 1.27 bits per heavy atom. The molecule has 11 heavy (non-hydrogen) atoms. The zero-order valence-electron chi connectivity index (χ0n) is 7.18. The highest BCUT2D eigenvalue weighted by Gasteiger charge is 2.05. The molecule has 0 aromatic heterocycles. The van der Waals surface area contributed by atoms with Crippen LogP contribution in [0.4, 0.5) is 0 Å². The third-order valence-electron chi connectivity index (χ3n) is 1.65. The van der Waals surface area contributed by atoms with Gasteiger partial charge in [0.1, 0.15) is 6.17 Å². The average Bonchev–Trinajstić information content (AvgIpc) is 1.97. The number of rotatable bonds is 6. The lowest BCUT2D eigenvalue weighted by atomic mass is 10.1. The minimum Gasteiger partial charge on any atom is -0.310 e. The normalized spacial score (nSPS) is 10.5. The largest absolute Gasteiger partial charge is 0.310 e. The van der Waals surface area contributed by atoms with Crippen LogP contribution in [-0.4, -0.2) is 11.9 Å². The molecule has 0 bridgehead atoms. The van der Waals surface area contributed by atoms with Crippen molar-refractivity contribution in [2.24, 2.45) is 11.5 Å². The summed E-state index contributed by atoms with van der Waals surface area (Å²) in [5.74, 6) is -0.0268. The number of unbranched alkanes of at least 4 members (excludes halogenated alkanes) is 3. The van der Waals surface area contributed by atoms with E-state index >= 15 is 0 Å². The van der Waals surface area contributed by atoms with Crippen molar-refractivity contribution in [1.82, 2.24) is 0 Å². The standard InChI is InChI=1S/C8H18N2O/c1-2-3-4-5-6-7(11)8(9)10/h8H,2-6,9-10H2,1H3. The highest BCUT2D eigenvalue weighted by Crippen LogP contribution is 2.02. The molecular formula is C8H18N2O. The van der Waals surface area contributed by atoms with Gasteiger partial charge in [-0.2, -0.15) is 0 Å². The van der Waals surface area contributed by atoms with Crippen LogP contribution in [0.25, 0.3) is 0 Å². The first-order valence-electron chi connectivity index (χ1n) is 4.22. The van der Waals surface area contributed by atoms with Gasteiger partial charge in [0.05, 0.1) is 0 Å². The lowest BCUT2D eigenvalue weighted by molar-refractivity contribution is -0.120. The number of carbonyl (C=O) groups is 1. The van der Waals surface area contributed by atoms with Crippen molar-refractivity contribution < 1.29 is 4.79 Å². The average molecular weight is 158 g/mol. The number of nitrogens with two attached hydrogens (primary N) is 2. The van der Waals surface area contributed by atoms with Crippen LogP contribution in [-0.2, 0) is 4.79 Å². The smallest absolute Gasteiger partial charge is 0.163 e. The van der Waals surface area contributed by atoms with E-state index in [1.165, 1.54) is 12.8 Å². The maximum Gasteiger partial charge on any atom is 0.163 e. The Morgan fingerprint density at radius 2 is 1.91 bits per heavy atom. The van der Waals surface area contributed by atoms with Crippen LogP contribution < -0.4 is 11.5 Å². The lowest BCUT2D eigenvalue weighted by Gasteiger charge is -2.02. The first-order valence-corrected chi connectivity index (χ1v) is 4.22. The second-order valence-electron chi connectivity index (χ2n) is 2.80. The summed E-state index contributed by atoms with van der Waals surface area (Å²) in [4.78, 5) is 10.9. The minimum absolute atomic E-state index is 0.0268. The Hall–Kier alpha value is -0.410. The molecule has 0 heterocycles. The van der Waals surface area contributed by atoms with Crippen LogP contribution in [0.3, 0.4) is 0 Å². The second kappa shape index (κ2) is 6.31. The summed E-state index contributed by atoms with van der Waals surface area (Å²) >= 11 is 0. The van der Waals surface area contributed by atoms with Crippen LogP contribution in [0.2, 0.25) is 0 Å². The minimum atomic E-state index is -0.767. The molecule has 0 rings (SSSR count). The second-order valence-corrected chi connectivity index (χ2v) is 2.80. The van der Waals surface area contributed by atoms with Crippen molar-refractivity contribution in [2.75, 3.05) is 0 Å². The van der Waals surface area contributed by atoms with E-state index in [0.717, 1.165) is 12.8 Å². The topological polar surface area (TPSA) is 69.1 Å². The van der Waals surface area contributed by atoms with E-state index in [2.05, 4.69) is 6.92 Å². The van der Waals surface area contributed by atoms with E-state index in [9.17, 15) is 4.79 Å². The molecule has 0 unspecified atom stereocenters. The fourth-order valence-corrected chi connectivity index (χ4v) is 0.893. The summed E-state index contributed by atoms with van der Waals surface area (Å²) in [7, 11) is 0. The van der Waals surface area contributed by atoms with Crippen molar-refractivity contribution in [3.8, 4) is 0 Å². The van der Waals surface area contributed by atoms with Crippen molar-refractivity contribution in [2.45, 2.75) is 45.2 Å². The molecule has 0 fully saturated rings. The molecular weight excluding hydrogens is 140 g/mol. The predicted molar refractivity (Wildman–Crippen MR) is 45.9 cm³/mol. The summed E-state index contributed by atoms with van der Waals surface area (Å²) in [6.07, 6.45) is 4.18. The number of hydrogen-bond donors (Lipinski definition) is 2. The molecule has 3 heteroatoms. The molecule has 0 radical (unpaired) electrons. The molecule has 0 aromatic carbocycles. The van der Waals surface area contributed by atoms with Gasteiger partial charge in [0.15, 0.2) is 5.78 Å². The Labute approximate surface area is 68.1 Å². The van der Waals surface area contributed by atoms with Gasteiger partial charge < -0.3 is 11.5 Å². The van der Waals surface area contributed by atoms with E-state index in [4.69, 9.17) is 11.5 Å². The molecule has 0 saturated heterocycles. The van der Waals surface area contributed by atoms with Gasteiger partial charge in [-0.25, -0.2) is 0 Å². The van der Waals surface area contributed by atoms with Gasteiger partial charge in [-0.15, -0.1) is 0 Å². The van der Waals surface area contributed by atoms with Gasteiger partial charge in [0.25, 0.3) is 0 Å². The van der Waals surface area contributed by atoms with Crippen LogP contribution >= 0.6 is 0 Å². The lowest BCUT2D eigenvalue weighted by Crippen LogP contribution is -2.38. The molecule has 3 nitrogen and oxygen atoms in total. The summed E-state index contributed by atoms with van der Waals surface area (Å²) in [5.41, 5.74) is 10.4. The Kier molecular flexibility index (Phi) is 6.07. The van der Waals surface area contributed by atoms with E-state index in [1.807, 2.05) is 0 Å². The summed E-state index contributed by atoms with van der Waals surface area (Å²) < 4.78 is 0.